The molecule has 1 heterocycles. The predicted molar refractivity (Wildman–Crippen MR) is 68.8 cm³/mol. The number of anilines is 1. The zero-order valence-corrected chi connectivity index (χ0v) is 11.1. The highest BCUT2D eigenvalue weighted by molar-refractivity contribution is 5.85. The Morgan fingerprint density at radius 3 is 3.10 bits per heavy atom. The number of rotatable bonds is 5. The van der Waals surface area contributed by atoms with E-state index in [1.165, 1.54) is 0 Å². The molecule has 1 aromatic rings. The molecule has 7 heteroatoms. The second kappa shape index (κ2) is 6.95. The number of amides is 1. The Morgan fingerprint density at radius 1 is 1.50 bits per heavy atom. The number of ether oxygens (including phenoxy) is 4. The fraction of sp³-hybridized carbons (Fsp3) is 0.462. The van der Waals surface area contributed by atoms with Gasteiger partial charge in [-0.2, -0.15) is 0 Å². The van der Waals surface area contributed by atoms with E-state index in [-0.39, 0.29) is 13.4 Å². The molecule has 0 radical (unpaired) electrons. The molecule has 1 aromatic carbocycles. The average Bonchev–Trinajstić information content (AvgIpc) is 2.45. The summed E-state index contributed by atoms with van der Waals surface area (Å²) < 4.78 is 32.6. The molecule has 0 spiro atoms. The fourth-order valence-corrected chi connectivity index (χ4v) is 1.80. The van der Waals surface area contributed by atoms with Crippen LogP contribution in [0.25, 0.3) is 0 Å². The molecule has 6 nitrogen and oxygen atoms in total. The van der Waals surface area contributed by atoms with Gasteiger partial charge in [0, 0.05) is 17.3 Å². The van der Waals surface area contributed by atoms with Gasteiger partial charge in [-0.15, -0.1) is 0 Å². The van der Waals surface area contributed by atoms with Crippen molar-refractivity contribution in [2.75, 3.05) is 32.0 Å². The van der Waals surface area contributed by atoms with Gasteiger partial charge in [0.2, 0.25) is 0 Å². The van der Waals surface area contributed by atoms with Gasteiger partial charge in [0.15, 0.2) is 18.3 Å². The van der Waals surface area contributed by atoms with Gasteiger partial charge in [-0.05, 0) is 13.0 Å². The summed E-state index contributed by atoms with van der Waals surface area (Å²) in [6.07, 6.45) is -0.720. The molecule has 110 valence electrons. The molecule has 0 fully saturated rings. The summed E-state index contributed by atoms with van der Waals surface area (Å²) in [6, 6.07) is 3.33. The number of alkyl halides is 1. The molecule has 0 atom stereocenters. The maximum atomic E-state index is 11.9. The summed E-state index contributed by atoms with van der Waals surface area (Å²) in [7, 11) is 0. The van der Waals surface area contributed by atoms with E-state index in [0.29, 0.717) is 30.4 Å². The van der Waals surface area contributed by atoms with E-state index in [2.05, 4.69) is 10.1 Å². The van der Waals surface area contributed by atoms with Gasteiger partial charge in [-0.25, -0.2) is 9.18 Å². The second-order valence-corrected chi connectivity index (χ2v) is 3.96. The highest BCUT2D eigenvalue weighted by atomic mass is 19.1. The van der Waals surface area contributed by atoms with Crippen LogP contribution in [0.15, 0.2) is 12.1 Å². The van der Waals surface area contributed by atoms with Crippen molar-refractivity contribution in [1.29, 1.82) is 0 Å². The maximum absolute atomic E-state index is 11.9. The van der Waals surface area contributed by atoms with Crippen molar-refractivity contribution in [3.8, 4) is 11.5 Å². The smallest absolute Gasteiger partial charge is 0.411 e. The van der Waals surface area contributed by atoms with Gasteiger partial charge in [-0.3, -0.25) is 5.32 Å². The average molecular weight is 285 g/mol. The largest absolute Gasteiger partial charge is 0.490 e. The number of hydrogen-bond donors (Lipinski definition) is 1. The van der Waals surface area contributed by atoms with Gasteiger partial charge < -0.3 is 18.9 Å². The van der Waals surface area contributed by atoms with Crippen LogP contribution in [0.5, 0.6) is 11.5 Å². The minimum atomic E-state index is -0.720. The molecule has 0 bridgehead atoms. The highest BCUT2D eigenvalue weighted by Crippen LogP contribution is 2.37. The van der Waals surface area contributed by atoms with Gasteiger partial charge in [0.1, 0.15) is 13.3 Å². The van der Waals surface area contributed by atoms with Gasteiger partial charge in [-0.1, -0.05) is 0 Å². The third-order valence-corrected chi connectivity index (χ3v) is 2.53. The molecule has 1 N–H and O–H groups in total. The van der Waals surface area contributed by atoms with Gasteiger partial charge in [0.05, 0.1) is 13.2 Å². The van der Waals surface area contributed by atoms with Crippen LogP contribution < -0.4 is 14.8 Å². The van der Waals surface area contributed by atoms with Crippen molar-refractivity contribution in [1.82, 2.24) is 0 Å². The van der Waals surface area contributed by atoms with E-state index >= 15 is 0 Å². The summed E-state index contributed by atoms with van der Waals surface area (Å²) >= 11 is 0. The van der Waals surface area contributed by atoms with Crippen LogP contribution in [-0.2, 0) is 16.1 Å². The van der Waals surface area contributed by atoms with Crippen molar-refractivity contribution in [3.63, 3.8) is 0 Å². The number of fused-ring (bicyclic) bond motifs is 1. The number of hydrogen-bond acceptors (Lipinski definition) is 5. The number of benzene rings is 1. The quantitative estimate of drug-likeness (QED) is 0.900. The Bertz CT molecular complexity index is 480. The standard InChI is InChI=1S/C13H16FNO5/c1-2-18-11-6-10(15-13(16)19-4-3-14)5-9-7-17-8-20-12(9)11/h5-6H,2-4,7-8H2,1H3,(H,15,16). The summed E-state index contributed by atoms with van der Waals surface area (Å²) in [5, 5.41) is 2.51. The van der Waals surface area contributed by atoms with Crippen LogP contribution in [0.1, 0.15) is 12.5 Å². The lowest BCUT2D eigenvalue weighted by molar-refractivity contribution is -0.0182. The normalized spacial score (nSPS) is 13.1. The third-order valence-electron chi connectivity index (χ3n) is 2.53. The Kier molecular flexibility index (Phi) is 5.00. The third kappa shape index (κ3) is 3.51. The lowest BCUT2D eigenvalue weighted by Gasteiger charge is -2.21. The zero-order chi connectivity index (χ0) is 14.4. The first kappa shape index (κ1) is 14.4. The van der Waals surface area contributed by atoms with Crippen molar-refractivity contribution in [2.45, 2.75) is 13.5 Å². The lowest BCUT2D eigenvalue weighted by Crippen LogP contribution is -2.17. The lowest BCUT2D eigenvalue weighted by atomic mass is 10.1. The van der Waals surface area contributed by atoms with Crippen LogP contribution in [0.4, 0.5) is 14.9 Å². The van der Waals surface area contributed by atoms with E-state index < -0.39 is 12.8 Å². The molecule has 2 rings (SSSR count). The minimum Gasteiger partial charge on any atom is -0.490 e. The van der Waals surface area contributed by atoms with E-state index in [1.807, 2.05) is 6.92 Å². The van der Waals surface area contributed by atoms with Crippen molar-refractivity contribution in [2.24, 2.45) is 0 Å². The van der Waals surface area contributed by atoms with Crippen LogP contribution in [0.2, 0.25) is 0 Å². The molecule has 0 unspecified atom stereocenters. The molecule has 20 heavy (non-hydrogen) atoms. The number of carbonyl (C=O) groups is 1. The Balaban J connectivity index is 2.16. The predicted octanol–water partition coefficient (Wildman–Crippen LogP) is 2.47. The SMILES string of the molecule is CCOc1cc(NC(=O)OCCF)cc2c1OCOC2. The second-order valence-electron chi connectivity index (χ2n) is 3.96. The summed E-state index contributed by atoms with van der Waals surface area (Å²) in [5.74, 6) is 1.13. The summed E-state index contributed by atoms with van der Waals surface area (Å²) in [6.45, 7) is 1.85. The van der Waals surface area contributed by atoms with E-state index in [9.17, 15) is 9.18 Å². The van der Waals surface area contributed by atoms with Crippen molar-refractivity contribution < 1.29 is 28.1 Å². The molecule has 1 amide bonds. The van der Waals surface area contributed by atoms with Crippen molar-refractivity contribution >= 4 is 11.8 Å². The van der Waals surface area contributed by atoms with Gasteiger partial charge >= 0.3 is 6.09 Å². The van der Waals surface area contributed by atoms with Crippen LogP contribution in [-0.4, -0.2) is 32.8 Å². The topological polar surface area (TPSA) is 66.0 Å². The monoisotopic (exact) mass is 285 g/mol. The number of nitrogens with one attached hydrogen (secondary N) is 1. The van der Waals surface area contributed by atoms with E-state index in [1.54, 1.807) is 12.1 Å². The summed E-state index contributed by atoms with van der Waals surface area (Å²) in [5.41, 5.74) is 1.24. The minimum absolute atomic E-state index is 0.165. The first-order chi connectivity index (χ1) is 9.74. The Morgan fingerprint density at radius 2 is 2.35 bits per heavy atom. The molecule has 0 aliphatic carbocycles. The van der Waals surface area contributed by atoms with Crippen LogP contribution in [0.3, 0.4) is 0 Å². The molecule has 1 aliphatic rings. The Labute approximate surface area is 115 Å². The molecule has 0 saturated heterocycles. The number of carbonyl (C=O) groups excluding carboxylic acids is 1. The van der Waals surface area contributed by atoms with Gasteiger partial charge in [0.25, 0.3) is 0 Å². The number of halogens is 1. The molecular weight excluding hydrogens is 269 g/mol. The molecule has 0 aromatic heterocycles. The van der Waals surface area contributed by atoms with Crippen molar-refractivity contribution in [3.05, 3.63) is 17.7 Å². The zero-order valence-electron chi connectivity index (χ0n) is 11.1. The molecule has 0 saturated carbocycles. The Hall–Kier alpha value is -2.02. The fourth-order valence-electron chi connectivity index (χ4n) is 1.80. The first-order valence-corrected chi connectivity index (χ1v) is 6.24. The first-order valence-electron chi connectivity index (χ1n) is 6.24. The molecule has 1 aliphatic heterocycles. The summed E-state index contributed by atoms with van der Waals surface area (Å²) in [4.78, 5) is 11.4. The van der Waals surface area contributed by atoms with E-state index in [0.717, 1.165) is 5.56 Å². The maximum Gasteiger partial charge on any atom is 0.411 e. The van der Waals surface area contributed by atoms with Crippen LogP contribution >= 0.6 is 0 Å². The molecular formula is C13H16FNO5. The van der Waals surface area contributed by atoms with Crippen LogP contribution in [0, 0.1) is 0 Å². The van der Waals surface area contributed by atoms with E-state index in [4.69, 9.17) is 14.2 Å². The highest BCUT2D eigenvalue weighted by Gasteiger charge is 2.18.